The van der Waals surface area contributed by atoms with Gasteiger partial charge in [-0.3, -0.25) is 9.59 Å². The number of rotatable bonds is 6. The Balaban J connectivity index is 2.26. The number of nitrogens with zero attached hydrogens (tertiary/aromatic N) is 1. The SMILES string of the molecule is C=C(C)C(=O)Nc1c(F)cccc1C(O)C(C(=O)OC)C1CCN(C(=O)OC(C)(C)C)CC1. The molecule has 1 saturated heterocycles. The lowest BCUT2D eigenvalue weighted by molar-refractivity contribution is -0.153. The van der Waals surface area contributed by atoms with Crippen LogP contribution in [0.3, 0.4) is 0 Å². The average Bonchev–Trinajstić information content (AvgIpc) is 2.74. The Hall–Kier alpha value is -2.94. The standard InChI is InChI=1S/C24H33FN2O6/c1-14(2)21(29)26-19-16(8-7-9-17(19)25)20(28)18(22(30)32-6)15-10-12-27(13-11-15)23(31)33-24(3,4)5/h7-9,15,18,20,28H,1,10-13H2,2-6H3,(H,26,29). The van der Waals surface area contributed by atoms with E-state index < -0.39 is 41.4 Å². The number of aliphatic hydroxyl groups is 1. The van der Waals surface area contributed by atoms with Crippen LogP contribution in [0, 0.1) is 17.7 Å². The maximum absolute atomic E-state index is 14.6. The highest BCUT2D eigenvalue weighted by atomic mass is 19.1. The monoisotopic (exact) mass is 464 g/mol. The van der Waals surface area contributed by atoms with E-state index in [1.165, 1.54) is 26.2 Å². The topological polar surface area (TPSA) is 105 Å². The van der Waals surface area contributed by atoms with Crippen molar-refractivity contribution in [1.82, 2.24) is 4.90 Å². The number of nitrogens with one attached hydrogen (secondary N) is 1. The number of esters is 1. The number of ether oxygens (including phenoxy) is 2. The molecule has 9 heteroatoms. The number of halogens is 1. The fourth-order valence-electron chi connectivity index (χ4n) is 3.82. The average molecular weight is 465 g/mol. The van der Waals surface area contributed by atoms with Crippen LogP contribution < -0.4 is 5.32 Å². The molecule has 0 bridgehead atoms. The van der Waals surface area contributed by atoms with Crippen LogP contribution in [0.2, 0.25) is 0 Å². The zero-order valence-electron chi connectivity index (χ0n) is 19.8. The molecule has 1 aliphatic rings. The third-order valence-corrected chi connectivity index (χ3v) is 5.50. The third-order valence-electron chi connectivity index (χ3n) is 5.50. The Kier molecular flexibility index (Phi) is 8.60. The van der Waals surface area contributed by atoms with Crippen LogP contribution >= 0.6 is 0 Å². The van der Waals surface area contributed by atoms with E-state index in [-0.39, 0.29) is 22.7 Å². The summed E-state index contributed by atoms with van der Waals surface area (Å²) in [6.45, 7) is 11.0. The highest BCUT2D eigenvalue weighted by molar-refractivity contribution is 6.03. The van der Waals surface area contributed by atoms with Gasteiger partial charge in [-0.15, -0.1) is 0 Å². The Labute approximate surface area is 193 Å². The van der Waals surface area contributed by atoms with Crippen LogP contribution in [0.25, 0.3) is 0 Å². The second-order valence-electron chi connectivity index (χ2n) is 9.24. The zero-order valence-corrected chi connectivity index (χ0v) is 19.8. The van der Waals surface area contributed by atoms with E-state index >= 15 is 0 Å². The van der Waals surface area contributed by atoms with Crippen molar-refractivity contribution in [2.45, 2.75) is 52.2 Å². The number of amides is 2. The quantitative estimate of drug-likeness (QED) is 0.490. The first-order valence-corrected chi connectivity index (χ1v) is 10.8. The van der Waals surface area contributed by atoms with Crippen molar-refractivity contribution in [1.29, 1.82) is 0 Å². The Bertz CT molecular complexity index is 903. The van der Waals surface area contributed by atoms with Gasteiger partial charge in [-0.25, -0.2) is 9.18 Å². The lowest BCUT2D eigenvalue weighted by Crippen LogP contribution is -2.44. The summed E-state index contributed by atoms with van der Waals surface area (Å²) in [7, 11) is 1.22. The Morgan fingerprint density at radius 3 is 2.36 bits per heavy atom. The lowest BCUT2D eigenvalue weighted by atomic mass is 9.78. The van der Waals surface area contributed by atoms with Gasteiger partial charge in [0.1, 0.15) is 11.4 Å². The van der Waals surface area contributed by atoms with Crippen molar-refractivity contribution < 1.29 is 33.4 Å². The molecular formula is C24H33FN2O6. The molecule has 0 spiro atoms. The fraction of sp³-hybridized carbons (Fsp3) is 0.542. The minimum atomic E-state index is -1.44. The molecule has 2 rings (SSSR count). The van der Waals surface area contributed by atoms with E-state index in [9.17, 15) is 23.9 Å². The highest BCUT2D eigenvalue weighted by Crippen LogP contribution is 2.39. The van der Waals surface area contributed by atoms with Crippen LogP contribution in [0.5, 0.6) is 0 Å². The predicted octanol–water partition coefficient (Wildman–Crippen LogP) is 3.81. The van der Waals surface area contributed by atoms with Gasteiger partial charge < -0.3 is 24.8 Å². The second-order valence-corrected chi connectivity index (χ2v) is 9.24. The molecule has 0 aromatic heterocycles. The van der Waals surface area contributed by atoms with Crippen molar-refractivity contribution >= 4 is 23.7 Å². The van der Waals surface area contributed by atoms with Gasteiger partial charge in [-0.2, -0.15) is 0 Å². The normalized spacial score (nSPS) is 16.5. The van der Waals surface area contributed by atoms with Crippen molar-refractivity contribution in [3.05, 3.63) is 41.7 Å². The first-order valence-electron chi connectivity index (χ1n) is 10.8. The number of hydrogen-bond donors (Lipinski definition) is 2. The number of carbonyl (C=O) groups excluding carboxylic acids is 3. The number of anilines is 1. The van der Waals surface area contributed by atoms with Gasteiger partial charge in [-0.05, 0) is 52.5 Å². The molecule has 1 aromatic rings. The maximum Gasteiger partial charge on any atom is 0.410 e. The van der Waals surface area contributed by atoms with Crippen molar-refractivity contribution in [3.63, 3.8) is 0 Å². The molecule has 1 fully saturated rings. The summed E-state index contributed by atoms with van der Waals surface area (Å²) in [4.78, 5) is 38.7. The highest BCUT2D eigenvalue weighted by Gasteiger charge is 2.40. The van der Waals surface area contributed by atoms with Gasteiger partial charge in [0, 0.05) is 24.2 Å². The molecule has 0 saturated carbocycles. The van der Waals surface area contributed by atoms with Gasteiger partial charge in [0.2, 0.25) is 0 Å². The van der Waals surface area contributed by atoms with E-state index in [0.717, 1.165) is 6.07 Å². The van der Waals surface area contributed by atoms with Crippen LogP contribution in [0.1, 0.15) is 52.2 Å². The molecule has 2 N–H and O–H groups in total. The largest absolute Gasteiger partial charge is 0.469 e. The number of carbonyl (C=O) groups is 3. The van der Waals surface area contributed by atoms with Crippen molar-refractivity contribution in [3.8, 4) is 0 Å². The molecule has 0 radical (unpaired) electrons. The van der Waals surface area contributed by atoms with Crippen LogP contribution in [0.4, 0.5) is 14.9 Å². The molecule has 1 heterocycles. The van der Waals surface area contributed by atoms with Crippen molar-refractivity contribution in [2.75, 3.05) is 25.5 Å². The molecule has 8 nitrogen and oxygen atoms in total. The first kappa shape index (κ1) is 26.3. The maximum atomic E-state index is 14.6. The number of hydrogen-bond acceptors (Lipinski definition) is 6. The molecule has 2 amide bonds. The zero-order chi connectivity index (χ0) is 24.9. The van der Waals surface area contributed by atoms with Crippen LogP contribution in [-0.2, 0) is 19.1 Å². The number of aliphatic hydroxyl groups excluding tert-OH is 1. The molecular weight excluding hydrogens is 431 g/mol. The summed E-state index contributed by atoms with van der Waals surface area (Å²) >= 11 is 0. The van der Waals surface area contributed by atoms with Gasteiger partial charge in [0.25, 0.3) is 5.91 Å². The summed E-state index contributed by atoms with van der Waals surface area (Å²) in [5.41, 5.74) is -0.605. The number of methoxy groups -OCH3 is 1. The van der Waals surface area contributed by atoms with Gasteiger partial charge in [0.15, 0.2) is 0 Å². The molecule has 0 aliphatic carbocycles. The molecule has 1 aliphatic heterocycles. The van der Waals surface area contributed by atoms with E-state index in [1.807, 2.05) is 0 Å². The Morgan fingerprint density at radius 1 is 1.24 bits per heavy atom. The fourth-order valence-corrected chi connectivity index (χ4v) is 3.82. The van der Waals surface area contributed by atoms with E-state index in [0.29, 0.717) is 25.9 Å². The van der Waals surface area contributed by atoms with Crippen LogP contribution in [0.15, 0.2) is 30.4 Å². The van der Waals surface area contributed by atoms with Gasteiger partial charge in [-0.1, -0.05) is 18.7 Å². The van der Waals surface area contributed by atoms with E-state index in [1.54, 1.807) is 25.7 Å². The molecule has 182 valence electrons. The second kappa shape index (κ2) is 10.8. The minimum Gasteiger partial charge on any atom is -0.469 e. The van der Waals surface area contributed by atoms with Gasteiger partial charge in [0.05, 0.1) is 24.8 Å². The smallest absolute Gasteiger partial charge is 0.410 e. The lowest BCUT2D eigenvalue weighted by Gasteiger charge is -2.37. The van der Waals surface area contributed by atoms with Crippen molar-refractivity contribution in [2.24, 2.45) is 11.8 Å². The third kappa shape index (κ3) is 6.77. The summed E-state index contributed by atoms with van der Waals surface area (Å²) in [6, 6.07) is 3.99. The number of para-hydroxylation sites is 1. The molecule has 1 aromatic carbocycles. The summed E-state index contributed by atoms with van der Waals surface area (Å²) in [5.74, 6) is -3.35. The minimum absolute atomic E-state index is 0.0644. The van der Waals surface area contributed by atoms with Crippen LogP contribution in [-0.4, -0.2) is 53.8 Å². The predicted molar refractivity (Wildman–Crippen MR) is 121 cm³/mol. The first-order chi connectivity index (χ1) is 15.4. The number of likely N-dealkylation sites (tertiary alicyclic amines) is 1. The molecule has 2 unspecified atom stereocenters. The molecule has 2 atom stereocenters. The van der Waals surface area contributed by atoms with Gasteiger partial charge >= 0.3 is 12.1 Å². The Morgan fingerprint density at radius 2 is 1.85 bits per heavy atom. The van der Waals surface area contributed by atoms with E-state index in [4.69, 9.17) is 9.47 Å². The summed E-state index contributed by atoms with van der Waals surface area (Å²) in [5, 5.41) is 13.6. The molecule has 33 heavy (non-hydrogen) atoms. The van der Waals surface area contributed by atoms with E-state index in [2.05, 4.69) is 11.9 Å². The summed E-state index contributed by atoms with van der Waals surface area (Å²) in [6.07, 6.45) is -1.05. The summed E-state index contributed by atoms with van der Waals surface area (Å²) < 4.78 is 24.9. The number of benzene rings is 1. The number of piperidine rings is 1.